The van der Waals surface area contributed by atoms with Crippen molar-refractivity contribution >= 4 is 0 Å². The molecule has 0 heterocycles. The fraction of sp³-hybridized carbons (Fsp3) is 0.0400. The van der Waals surface area contributed by atoms with Crippen LogP contribution in [0.2, 0.25) is 0 Å². The lowest BCUT2D eigenvalue weighted by atomic mass is 10.0. The molecule has 131 valence electrons. The van der Waals surface area contributed by atoms with Gasteiger partial charge in [0, 0.05) is 5.56 Å². The molecule has 0 saturated carbocycles. The van der Waals surface area contributed by atoms with Crippen LogP contribution in [-0.4, -0.2) is 0 Å². The molecule has 0 aliphatic carbocycles. The van der Waals surface area contributed by atoms with Gasteiger partial charge in [0.15, 0.2) is 0 Å². The van der Waals surface area contributed by atoms with Crippen LogP contribution >= 0.6 is 0 Å². The van der Waals surface area contributed by atoms with Crippen LogP contribution in [0, 0.1) is 6.07 Å². The predicted molar refractivity (Wildman–Crippen MR) is 108 cm³/mol. The molecule has 0 aliphatic heterocycles. The predicted octanol–water partition coefficient (Wildman–Crippen LogP) is 6.53. The maximum atomic E-state index is 6.06. The van der Waals surface area contributed by atoms with Crippen molar-refractivity contribution in [2.45, 2.75) is 6.61 Å². The molecule has 0 unspecified atom stereocenters. The Balaban J connectivity index is 1.57. The minimum absolute atomic E-state index is 0.520. The summed E-state index contributed by atoms with van der Waals surface area (Å²) in [6.07, 6.45) is 0. The quantitative estimate of drug-likeness (QED) is 0.393. The normalized spacial score (nSPS) is 10.4. The van der Waals surface area contributed by atoms with E-state index in [1.54, 1.807) is 0 Å². The average molecular weight is 351 g/mol. The Kier molecular flexibility index (Phi) is 5.16. The number of hydrogen-bond acceptors (Lipinski definition) is 2. The summed E-state index contributed by atoms with van der Waals surface area (Å²) in [5, 5.41) is 0. The van der Waals surface area contributed by atoms with Crippen LogP contribution in [-0.2, 0) is 6.61 Å². The fourth-order valence-corrected chi connectivity index (χ4v) is 2.84. The van der Waals surface area contributed by atoms with Gasteiger partial charge >= 0.3 is 0 Å². The summed E-state index contributed by atoms with van der Waals surface area (Å²) in [7, 11) is 0. The lowest BCUT2D eigenvalue weighted by molar-refractivity contribution is 0.307. The number of rotatable bonds is 6. The maximum Gasteiger partial charge on any atom is 0.128 e. The summed E-state index contributed by atoms with van der Waals surface area (Å²) in [5.74, 6) is 2.40. The number of hydrogen-bond donors (Lipinski definition) is 0. The summed E-state index contributed by atoms with van der Waals surface area (Å²) in [5.41, 5.74) is 3.06. The zero-order valence-corrected chi connectivity index (χ0v) is 14.8. The SMILES string of the molecule is [c]1cccc(OCc2ccccc2)c1-c1cccc(Oc2ccccc2)c1. The third kappa shape index (κ3) is 4.36. The van der Waals surface area contributed by atoms with Crippen molar-refractivity contribution in [3.8, 4) is 28.4 Å². The highest BCUT2D eigenvalue weighted by atomic mass is 16.5. The number of ether oxygens (including phenoxy) is 2. The lowest BCUT2D eigenvalue weighted by Gasteiger charge is -2.13. The molecule has 0 amide bonds. The second kappa shape index (κ2) is 8.24. The Bertz CT molecular complexity index is 995. The molecule has 4 aromatic carbocycles. The highest BCUT2D eigenvalue weighted by molar-refractivity contribution is 5.71. The molecule has 0 N–H and O–H groups in total. The van der Waals surface area contributed by atoms with E-state index in [1.165, 1.54) is 0 Å². The summed E-state index contributed by atoms with van der Waals surface area (Å²) in [4.78, 5) is 0. The van der Waals surface area contributed by atoms with E-state index < -0.39 is 0 Å². The third-order valence-corrected chi connectivity index (χ3v) is 4.16. The zero-order chi connectivity index (χ0) is 18.3. The maximum absolute atomic E-state index is 6.06. The van der Waals surface area contributed by atoms with E-state index in [1.807, 2.05) is 91.0 Å². The number of benzene rings is 4. The van der Waals surface area contributed by atoms with Crippen molar-refractivity contribution in [3.05, 3.63) is 115 Å². The van der Waals surface area contributed by atoms with Gasteiger partial charge in [0.2, 0.25) is 0 Å². The summed E-state index contributed by atoms with van der Waals surface area (Å²) >= 11 is 0. The van der Waals surface area contributed by atoms with Crippen LogP contribution in [0.15, 0.2) is 103 Å². The molecule has 1 radical (unpaired) electrons. The third-order valence-electron chi connectivity index (χ3n) is 4.16. The number of para-hydroxylation sites is 1. The zero-order valence-electron chi connectivity index (χ0n) is 14.8. The Morgan fingerprint density at radius 3 is 2.22 bits per heavy atom. The monoisotopic (exact) mass is 351 g/mol. The average Bonchev–Trinajstić information content (AvgIpc) is 2.74. The molecule has 0 fully saturated rings. The lowest BCUT2D eigenvalue weighted by Crippen LogP contribution is -1.97. The molecular weight excluding hydrogens is 332 g/mol. The first-order valence-corrected chi connectivity index (χ1v) is 8.89. The Morgan fingerprint density at radius 2 is 1.41 bits per heavy atom. The smallest absolute Gasteiger partial charge is 0.128 e. The highest BCUT2D eigenvalue weighted by Gasteiger charge is 2.08. The minimum atomic E-state index is 0.520. The molecule has 27 heavy (non-hydrogen) atoms. The van der Waals surface area contributed by atoms with Crippen LogP contribution in [0.25, 0.3) is 11.1 Å². The molecule has 0 aliphatic rings. The van der Waals surface area contributed by atoms with Crippen LogP contribution in [0.1, 0.15) is 5.56 Å². The molecule has 2 nitrogen and oxygen atoms in total. The van der Waals surface area contributed by atoms with Crippen LogP contribution in [0.4, 0.5) is 0 Å². The summed E-state index contributed by atoms with van der Waals surface area (Å²) < 4.78 is 12.0. The van der Waals surface area contributed by atoms with Crippen molar-refractivity contribution in [2.75, 3.05) is 0 Å². The molecule has 0 saturated heterocycles. The van der Waals surface area contributed by atoms with E-state index in [9.17, 15) is 0 Å². The van der Waals surface area contributed by atoms with Gasteiger partial charge in [-0.15, -0.1) is 0 Å². The van der Waals surface area contributed by atoms with Gasteiger partial charge in [-0.05, 0) is 47.5 Å². The molecule has 4 aromatic rings. The fourth-order valence-electron chi connectivity index (χ4n) is 2.84. The van der Waals surface area contributed by atoms with Crippen LogP contribution < -0.4 is 9.47 Å². The van der Waals surface area contributed by atoms with E-state index in [-0.39, 0.29) is 0 Å². The van der Waals surface area contributed by atoms with Gasteiger partial charge in [-0.1, -0.05) is 72.8 Å². The standard InChI is InChI=1S/C25H19O2/c1-3-10-20(11-4-1)19-26-25-17-8-7-16-24(25)21-12-9-15-23(18-21)27-22-13-5-2-6-14-22/h1-15,17-18H,19H2. The van der Waals surface area contributed by atoms with Crippen molar-refractivity contribution < 1.29 is 9.47 Å². The Labute approximate surface area is 159 Å². The van der Waals surface area contributed by atoms with E-state index in [0.29, 0.717) is 6.61 Å². The second-order valence-electron chi connectivity index (χ2n) is 6.13. The molecule has 0 aromatic heterocycles. The highest BCUT2D eigenvalue weighted by Crippen LogP contribution is 2.33. The van der Waals surface area contributed by atoms with Gasteiger partial charge in [-0.3, -0.25) is 0 Å². The summed E-state index contributed by atoms with van der Waals surface area (Å²) in [6, 6.07) is 37.0. The van der Waals surface area contributed by atoms with Crippen molar-refractivity contribution in [1.82, 2.24) is 0 Å². The van der Waals surface area contributed by atoms with E-state index >= 15 is 0 Å². The topological polar surface area (TPSA) is 18.5 Å². The van der Waals surface area contributed by atoms with Gasteiger partial charge in [-0.2, -0.15) is 0 Å². The molecule has 0 bridgehead atoms. The first kappa shape index (κ1) is 16.9. The second-order valence-corrected chi connectivity index (χ2v) is 6.13. The van der Waals surface area contributed by atoms with Crippen molar-refractivity contribution in [1.29, 1.82) is 0 Å². The first-order chi connectivity index (χ1) is 13.4. The first-order valence-electron chi connectivity index (χ1n) is 8.89. The van der Waals surface area contributed by atoms with E-state index in [0.717, 1.165) is 33.9 Å². The van der Waals surface area contributed by atoms with Gasteiger partial charge < -0.3 is 9.47 Å². The van der Waals surface area contributed by atoms with Crippen LogP contribution in [0.3, 0.4) is 0 Å². The molecule has 2 heteroatoms. The van der Waals surface area contributed by atoms with Gasteiger partial charge in [-0.25, -0.2) is 0 Å². The largest absolute Gasteiger partial charge is 0.488 e. The van der Waals surface area contributed by atoms with Crippen LogP contribution in [0.5, 0.6) is 17.2 Å². The Morgan fingerprint density at radius 1 is 0.667 bits per heavy atom. The molecule has 4 rings (SSSR count). The Hall–Kier alpha value is -3.52. The van der Waals surface area contributed by atoms with Crippen molar-refractivity contribution in [2.24, 2.45) is 0 Å². The van der Waals surface area contributed by atoms with Crippen molar-refractivity contribution in [3.63, 3.8) is 0 Å². The minimum Gasteiger partial charge on any atom is -0.488 e. The van der Waals surface area contributed by atoms with Gasteiger partial charge in [0.1, 0.15) is 23.9 Å². The summed E-state index contributed by atoms with van der Waals surface area (Å²) in [6.45, 7) is 0.520. The van der Waals surface area contributed by atoms with Gasteiger partial charge in [0.05, 0.1) is 0 Å². The van der Waals surface area contributed by atoms with Gasteiger partial charge in [0.25, 0.3) is 0 Å². The molecule has 0 spiro atoms. The molecule has 0 atom stereocenters. The molecular formula is C25H19O2. The van der Waals surface area contributed by atoms with E-state index in [4.69, 9.17) is 9.47 Å². The van der Waals surface area contributed by atoms with E-state index in [2.05, 4.69) is 18.2 Å².